The molecule has 23 heavy (non-hydrogen) atoms. The largest absolute Gasteiger partial charge is 0.494 e. The lowest BCUT2D eigenvalue weighted by Crippen LogP contribution is -2.04. The van der Waals surface area contributed by atoms with Crippen LogP contribution in [0.5, 0.6) is 11.5 Å². The highest BCUT2D eigenvalue weighted by atomic mass is 16.5. The molecule has 0 spiro atoms. The Morgan fingerprint density at radius 2 is 1.78 bits per heavy atom. The predicted octanol–water partition coefficient (Wildman–Crippen LogP) is 4.68. The van der Waals surface area contributed by atoms with Crippen LogP contribution in [0.2, 0.25) is 0 Å². The third kappa shape index (κ3) is 4.85. The molecule has 0 saturated carbocycles. The summed E-state index contributed by atoms with van der Waals surface area (Å²) < 4.78 is 11.6. The van der Waals surface area contributed by atoms with Crippen molar-refractivity contribution in [1.29, 1.82) is 0 Å². The zero-order chi connectivity index (χ0) is 16.7. The lowest BCUT2D eigenvalue weighted by Gasteiger charge is -2.16. The minimum atomic E-state index is 0.441. The maximum Gasteiger partial charge on any atom is 0.153 e. The van der Waals surface area contributed by atoms with Crippen LogP contribution in [-0.2, 0) is 13.0 Å². The highest BCUT2D eigenvalue weighted by Crippen LogP contribution is 2.30. The van der Waals surface area contributed by atoms with Crippen molar-refractivity contribution in [3.8, 4) is 11.5 Å². The van der Waals surface area contributed by atoms with Crippen molar-refractivity contribution in [1.82, 2.24) is 0 Å². The second-order valence-corrected chi connectivity index (χ2v) is 5.92. The standard InChI is InChI=1S/C20H24O3/c1-4-22-19-12-18(13-21)20(11-17(19)10-15(2)3)23-14-16-8-6-5-7-9-16/h5-9,11-13,15H,4,10,14H2,1-3H3. The van der Waals surface area contributed by atoms with Gasteiger partial charge in [-0.1, -0.05) is 44.2 Å². The SMILES string of the molecule is CCOc1cc(C=O)c(OCc2ccccc2)cc1CC(C)C. The number of ether oxygens (including phenoxy) is 2. The van der Waals surface area contributed by atoms with Gasteiger partial charge in [-0.2, -0.15) is 0 Å². The van der Waals surface area contributed by atoms with E-state index in [1.165, 1.54) is 0 Å². The molecule has 0 N–H and O–H groups in total. The van der Waals surface area contributed by atoms with E-state index in [1.54, 1.807) is 6.07 Å². The zero-order valence-electron chi connectivity index (χ0n) is 14.0. The lowest BCUT2D eigenvalue weighted by molar-refractivity contribution is 0.111. The van der Waals surface area contributed by atoms with Crippen molar-refractivity contribution in [2.45, 2.75) is 33.8 Å². The fourth-order valence-corrected chi connectivity index (χ4v) is 2.46. The Bertz CT molecular complexity index is 633. The van der Waals surface area contributed by atoms with Crippen LogP contribution in [0, 0.1) is 5.92 Å². The van der Waals surface area contributed by atoms with Gasteiger partial charge in [-0.05, 0) is 42.5 Å². The molecule has 2 rings (SSSR count). The molecule has 0 radical (unpaired) electrons. The second kappa shape index (κ2) is 8.37. The molecule has 0 saturated heterocycles. The highest BCUT2D eigenvalue weighted by molar-refractivity contribution is 5.80. The van der Waals surface area contributed by atoms with Gasteiger partial charge in [-0.15, -0.1) is 0 Å². The molecule has 2 aromatic rings. The summed E-state index contributed by atoms with van der Waals surface area (Å²) in [6, 6.07) is 13.7. The Kier molecular flexibility index (Phi) is 6.21. The molecule has 0 unspecified atom stereocenters. The molecule has 0 heterocycles. The maximum atomic E-state index is 11.4. The predicted molar refractivity (Wildman–Crippen MR) is 92.3 cm³/mol. The number of carbonyl (C=O) groups excluding carboxylic acids is 1. The zero-order valence-corrected chi connectivity index (χ0v) is 14.0. The summed E-state index contributed by atoms with van der Waals surface area (Å²) in [5, 5.41) is 0. The molecule has 0 aromatic heterocycles. The molecule has 0 atom stereocenters. The summed E-state index contributed by atoms with van der Waals surface area (Å²) in [5.41, 5.74) is 2.68. The Morgan fingerprint density at radius 1 is 1.04 bits per heavy atom. The van der Waals surface area contributed by atoms with Crippen LogP contribution in [-0.4, -0.2) is 12.9 Å². The van der Waals surface area contributed by atoms with Gasteiger partial charge in [0.25, 0.3) is 0 Å². The molecule has 3 nitrogen and oxygen atoms in total. The van der Waals surface area contributed by atoms with E-state index in [0.717, 1.165) is 29.6 Å². The number of benzene rings is 2. The van der Waals surface area contributed by atoms with Crippen molar-refractivity contribution < 1.29 is 14.3 Å². The van der Waals surface area contributed by atoms with Crippen molar-refractivity contribution >= 4 is 6.29 Å². The van der Waals surface area contributed by atoms with E-state index in [2.05, 4.69) is 13.8 Å². The summed E-state index contributed by atoms with van der Waals surface area (Å²) in [4.78, 5) is 11.4. The number of hydrogen-bond acceptors (Lipinski definition) is 3. The van der Waals surface area contributed by atoms with Gasteiger partial charge in [-0.25, -0.2) is 0 Å². The van der Waals surface area contributed by atoms with E-state index in [4.69, 9.17) is 9.47 Å². The minimum Gasteiger partial charge on any atom is -0.494 e. The molecule has 3 heteroatoms. The second-order valence-electron chi connectivity index (χ2n) is 5.92. The first-order chi connectivity index (χ1) is 11.1. The summed E-state index contributed by atoms with van der Waals surface area (Å²) in [7, 11) is 0. The average molecular weight is 312 g/mol. The Morgan fingerprint density at radius 3 is 2.39 bits per heavy atom. The van der Waals surface area contributed by atoms with Gasteiger partial charge in [0.1, 0.15) is 18.1 Å². The van der Waals surface area contributed by atoms with Crippen molar-refractivity contribution in [2.24, 2.45) is 5.92 Å². The van der Waals surface area contributed by atoms with Crippen molar-refractivity contribution in [3.63, 3.8) is 0 Å². The van der Waals surface area contributed by atoms with E-state index in [9.17, 15) is 4.79 Å². The molecule has 122 valence electrons. The monoisotopic (exact) mass is 312 g/mol. The maximum absolute atomic E-state index is 11.4. The molecule has 0 bridgehead atoms. The van der Waals surface area contributed by atoms with E-state index in [0.29, 0.717) is 30.4 Å². The van der Waals surface area contributed by atoms with Crippen LogP contribution < -0.4 is 9.47 Å². The molecule has 0 aliphatic rings. The van der Waals surface area contributed by atoms with Crippen molar-refractivity contribution in [2.75, 3.05) is 6.61 Å². The van der Waals surface area contributed by atoms with Gasteiger partial charge >= 0.3 is 0 Å². The molecular formula is C20H24O3. The molecule has 2 aromatic carbocycles. The van der Waals surface area contributed by atoms with Gasteiger partial charge in [0.2, 0.25) is 0 Å². The van der Waals surface area contributed by atoms with Gasteiger partial charge in [-0.3, -0.25) is 4.79 Å². The Labute approximate surface area is 138 Å². The first-order valence-electron chi connectivity index (χ1n) is 8.05. The quantitative estimate of drug-likeness (QED) is 0.664. The third-order valence-corrected chi connectivity index (χ3v) is 3.49. The average Bonchev–Trinajstić information content (AvgIpc) is 2.55. The fraction of sp³-hybridized carbons (Fsp3) is 0.350. The molecule has 0 fully saturated rings. The fourth-order valence-electron chi connectivity index (χ4n) is 2.46. The van der Waals surface area contributed by atoms with E-state index >= 15 is 0 Å². The van der Waals surface area contributed by atoms with E-state index in [-0.39, 0.29) is 0 Å². The normalized spacial score (nSPS) is 10.6. The van der Waals surface area contributed by atoms with Crippen molar-refractivity contribution in [3.05, 3.63) is 59.2 Å². The van der Waals surface area contributed by atoms with Gasteiger partial charge in [0, 0.05) is 0 Å². The molecule has 0 aliphatic heterocycles. The highest BCUT2D eigenvalue weighted by Gasteiger charge is 2.13. The Balaban J connectivity index is 2.27. The number of aldehydes is 1. The number of hydrogen-bond donors (Lipinski definition) is 0. The van der Waals surface area contributed by atoms with Crippen LogP contribution in [0.3, 0.4) is 0 Å². The summed E-state index contributed by atoms with van der Waals surface area (Å²) in [5.74, 6) is 1.89. The van der Waals surface area contributed by atoms with Gasteiger partial charge in [0.05, 0.1) is 12.2 Å². The molecular weight excluding hydrogens is 288 g/mol. The number of carbonyl (C=O) groups is 1. The van der Waals surface area contributed by atoms with Gasteiger partial charge < -0.3 is 9.47 Å². The summed E-state index contributed by atoms with van der Waals surface area (Å²) in [6.07, 6.45) is 1.71. The summed E-state index contributed by atoms with van der Waals surface area (Å²) in [6.45, 7) is 7.28. The van der Waals surface area contributed by atoms with E-state index < -0.39 is 0 Å². The van der Waals surface area contributed by atoms with Crippen LogP contribution in [0.4, 0.5) is 0 Å². The van der Waals surface area contributed by atoms with Crippen LogP contribution in [0.25, 0.3) is 0 Å². The van der Waals surface area contributed by atoms with E-state index in [1.807, 2.05) is 43.3 Å². The van der Waals surface area contributed by atoms with Gasteiger partial charge in [0.15, 0.2) is 6.29 Å². The summed E-state index contributed by atoms with van der Waals surface area (Å²) >= 11 is 0. The van der Waals surface area contributed by atoms with Crippen LogP contribution in [0.1, 0.15) is 42.3 Å². The third-order valence-electron chi connectivity index (χ3n) is 3.49. The smallest absolute Gasteiger partial charge is 0.153 e. The molecule has 0 aliphatic carbocycles. The lowest BCUT2D eigenvalue weighted by atomic mass is 10.00. The number of rotatable bonds is 8. The van der Waals surface area contributed by atoms with Crippen LogP contribution in [0.15, 0.2) is 42.5 Å². The molecule has 0 amide bonds. The Hall–Kier alpha value is -2.29. The van der Waals surface area contributed by atoms with Crippen LogP contribution >= 0.6 is 0 Å². The minimum absolute atomic E-state index is 0.441. The topological polar surface area (TPSA) is 35.5 Å². The first kappa shape index (κ1) is 17.1. The first-order valence-corrected chi connectivity index (χ1v) is 8.05.